The number of rotatable bonds is 5. The van der Waals surface area contributed by atoms with Gasteiger partial charge >= 0.3 is 5.97 Å². The zero-order valence-corrected chi connectivity index (χ0v) is 14.1. The molecule has 2 aromatic heterocycles. The average Bonchev–Trinajstić information content (AvgIpc) is 2.92. The van der Waals surface area contributed by atoms with Crippen molar-refractivity contribution < 1.29 is 27.3 Å². The molecule has 0 saturated heterocycles. The molecule has 23 heavy (non-hydrogen) atoms. The Hall–Kier alpha value is -2.20. The van der Waals surface area contributed by atoms with Gasteiger partial charge in [-0.25, -0.2) is 13.2 Å². The van der Waals surface area contributed by atoms with E-state index >= 15 is 0 Å². The largest absolute Gasteiger partial charge is 0.478 e. The minimum absolute atomic E-state index is 0.00695. The van der Waals surface area contributed by atoms with E-state index in [9.17, 15) is 18.3 Å². The average molecular weight is 343 g/mol. The second kappa shape index (κ2) is 5.46. The highest BCUT2D eigenvalue weighted by Gasteiger charge is 2.37. The van der Waals surface area contributed by atoms with Gasteiger partial charge in [-0.15, -0.1) is 0 Å². The SMILES string of the molecule is Cc1nc(C(C)(C)NS(=O)(=O)c2c(C)oc(C)c2C(=O)O)no1. The molecule has 0 saturated carbocycles. The number of aryl methyl sites for hydroxylation is 3. The third kappa shape index (κ3) is 3.13. The summed E-state index contributed by atoms with van der Waals surface area (Å²) >= 11 is 0. The fourth-order valence-electron chi connectivity index (χ4n) is 2.22. The lowest BCUT2D eigenvalue weighted by molar-refractivity contribution is 0.0691. The molecule has 9 nitrogen and oxygen atoms in total. The van der Waals surface area contributed by atoms with Gasteiger partial charge in [0, 0.05) is 6.92 Å². The molecule has 0 amide bonds. The van der Waals surface area contributed by atoms with Crippen LogP contribution < -0.4 is 4.72 Å². The monoisotopic (exact) mass is 343 g/mol. The second-order valence-corrected chi connectivity index (χ2v) is 7.21. The highest BCUT2D eigenvalue weighted by atomic mass is 32.2. The van der Waals surface area contributed by atoms with E-state index in [0.29, 0.717) is 0 Å². The number of hydrogen-bond acceptors (Lipinski definition) is 7. The Bertz CT molecular complexity index is 862. The van der Waals surface area contributed by atoms with Gasteiger partial charge in [-0.1, -0.05) is 5.16 Å². The van der Waals surface area contributed by atoms with Gasteiger partial charge in [0.25, 0.3) is 0 Å². The normalized spacial score (nSPS) is 12.6. The summed E-state index contributed by atoms with van der Waals surface area (Å²) in [7, 11) is -4.19. The van der Waals surface area contributed by atoms with Crippen LogP contribution in [0, 0.1) is 20.8 Å². The Kier molecular flexibility index (Phi) is 4.07. The van der Waals surface area contributed by atoms with Crippen LogP contribution in [0.5, 0.6) is 0 Å². The van der Waals surface area contributed by atoms with Crippen molar-refractivity contribution in [1.82, 2.24) is 14.9 Å². The van der Waals surface area contributed by atoms with Gasteiger partial charge in [-0.3, -0.25) is 0 Å². The lowest BCUT2D eigenvalue weighted by Gasteiger charge is -2.22. The Balaban J connectivity index is 2.50. The molecule has 0 unspecified atom stereocenters. The van der Waals surface area contributed by atoms with Crippen LogP contribution in [0.1, 0.15) is 47.4 Å². The number of nitrogens with one attached hydrogen (secondary N) is 1. The summed E-state index contributed by atoms with van der Waals surface area (Å²) in [6.07, 6.45) is 0. The van der Waals surface area contributed by atoms with E-state index in [2.05, 4.69) is 14.9 Å². The van der Waals surface area contributed by atoms with Crippen molar-refractivity contribution in [2.45, 2.75) is 45.1 Å². The van der Waals surface area contributed by atoms with Crippen LogP contribution >= 0.6 is 0 Å². The van der Waals surface area contributed by atoms with E-state index in [4.69, 9.17) is 8.94 Å². The van der Waals surface area contributed by atoms with E-state index in [1.54, 1.807) is 6.92 Å². The fraction of sp³-hybridized carbons (Fsp3) is 0.462. The first-order valence-corrected chi connectivity index (χ1v) is 8.12. The molecule has 2 rings (SSSR count). The Morgan fingerprint density at radius 1 is 1.22 bits per heavy atom. The number of hydrogen-bond donors (Lipinski definition) is 2. The summed E-state index contributed by atoms with van der Waals surface area (Å²) in [5.41, 5.74) is -1.60. The highest BCUT2D eigenvalue weighted by molar-refractivity contribution is 7.89. The summed E-state index contributed by atoms with van der Waals surface area (Å²) in [6, 6.07) is 0. The molecule has 0 aliphatic carbocycles. The van der Waals surface area contributed by atoms with Crippen LogP contribution in [0.25, 0.3) is 0 Å². The molecule has 0 atom stereocenters. The first kappa shape index (κ1) is 17.2. The first-order chi connectivity index (χ1) is 10.5. The van der Waals surface area contributed by atoms with Gasteiger partial charge < -0.3 is 14.0 Å². The third-order valence-corrected chi connectivity index (χ3v) is 4.97. The summed E-state index contributed by atoms with van der Waals surface area (Å²) in [5, 5.41) is 12.9. The predicted octanol–water partition coefficient (Wildman–Crippen LogP) is 1.50. The molecule has 0 aliphatic rings. The maximum absolute atomic E-state index is 12.7. The van der Waals surface area contributed by atoms with Gasteiger partial charge in [-0.05, 0) is 27.7 Å². The maximum atomic E-state index is 12.7. The van der Waals surface area contributed by atoms with Crippen molar-refractivity contribution >= 4 is 16.0 Å². The van der Waals surface area contributed by atoms with Gasteiger partial charge in [0.15, 0.2) is 5.82 Å². The highest BCUT2D eigenvalue weighted by Crippen LogP contribution is 2.29. The third-order valence-electron chi connectivity index (χ3n) is 3.16. The molecular formula is C13H17N3O6S. The number of furan rings is 1. The fourth-order valence-corrected chi connectivity index (χ4v) is 4.00. The van der Waals surface area contributed by atoms with Crippen LogP contribution in [0.2, 0.25) is 0 Å². The minimum atomic E-state index is -4.19. The number of carbonyl (C=O) groups is 1. The van der Waals surface area contributed by atoms with Crippen LogP contribution in [0.15, 0.2) is 13.8 Å². The number of aromatic carboxylic acids is 1. The zero-order chi connectivity index (χ0) is 17.6. The molecule has 0 radical (unpaired) electrons. The number of nitrogens with zero attached hydrogens (tertiary/aromatic N) is 2. The van der Waals surface area contributed by atoms with E-state index in [1.807, 2.05) is 0 Å². The van der Waals surface area contributed by atoms with Gasteiger partial charge in [0.2, 0.25) is 15.9 Å². The topological polar surface area (TPSA) is 136 Å². The van der Waals surface area contributed by atoms with Crippen molar-refractivity contribution in [3.05, 3.63) is 28.8 Å². The molecule has 10 heteroatoms. The van der Waals surface area contributed by atoms with Gasteiger partial charge in [0.05, 0.1) is 5.54 Å². The molecule has 0 bridgehead atoms. The minimum Gasteiger partial charge on any atom is -0.478 e. The Morgan fingerprint density at radius 3 is 2.30 bits per heavy atom. The van der Waals surface area contributed by atoms with Crippen LogP contribution in [0.3, 0.4) is 0 Å². The van der Waals surface area contributed by atoms with Crippen LogP contribution in [-0.2, 0) is 15.6 Å². The molecule has 0 aromatic carbocycles. The van der Waals surface area contributed by atoms with Crippen molar-refractivity contribution in [2.24, 2.45) is 0 Å². The van der Waals surface area contributed by atoms with Crippen molar-refractivity contribution in [1.29, 1.82) is 0 Å². The molecule has 0 fully saturated rings. The van der Waals surface area contributed by atoms with Gasteiger partial charge in [0.1, 0.15) is 22.0 Å². The number of aromatic nitrogens is 2. The molecule has 0 aliphatic heterocycles. The molecular weight excluding hydrogens is 326 g/mol. The van der Waals surface area contributed by atoms with E-state index in [1.165, 1.54) is 27.7 Å². The van der Waals surface area contributed by atoms with E-state index in [0.717, 1.165) is 0 Å². The predicted molar refractivity (Wildman–Crippen MR) is 77.5 cm³/mol. The first-order valence-electron chi connectivity index (χ1n) is 6.64. The van der Waals surface area contributed by atoms with Gasteiger partial charge in [-0.2, -0.15) is 9.71 Å². The quantitative estimate of drug-likeness (QED) is 0.833. The molecule has 126 valence electrons. The van der Waals surface area contributed by atoms with Crippen LogP contribution in [0.4, 0.5) is 0 Å². The second-order valence-electron chi connectivity index (χ2n) is 5.59. The van der Waals surface area contributed by atoms with Crippen molar-refractivity contribution in [3.8, 4) is 0 Å². The van der Waals surface area contributed by atoms with E-state index in [-0.39, 0.29) is 23.2 Å². The molecule has 2 heterocycles. The number of carboxylic acid groups (broad SMARTS) is 1. The van der Waals surface area contributed by atoms with Crippen molar-refractivity contribution in [3.63, 3.8) is 0 Å². The Labute approximate surface area is 132 Å². The standard InChI is InChI=1S/C13H17N3O6S/c1-6-9(11(17)18)10(7(2)21-6)23(19,20)16-13(4,5)12-14-8(3)22-15-12/h16H,1-5H3,(H,17,18). The summed E-state index contributed by atoms with van der Waals surface area (Å²) in [5.74, 6) is -0.953. The smallest absolute Gasteiger partial charge is 0.340 e. The summed E-state index contributed by atoms with van der Waals surface area (Å²) < 4.78 is 37.7. The number of sulfonamides is 1. The zero-order valence-electron chi connectivity index (χ0n) is 13.3. The van der Waals surface area contributed by atoms with Crippen molar-refractivity contribution in [2.75, 3.05) is 0 Å². The lowest BCUT2D eigenvalue weighted by atomic mass is 10.1. The lowest BCUT2D eigenvalue weighted by Crippen LogP contribution is -2.42. The van der Waals surface area contributed by atoms with E-state index < -0.39 is 32.0 Å². The van der Waals surface area contributed by atoms with Crippen LogP contribution in [-0.4, -0.2) is 29.6 Å². The number of carboxylic acids is 1. The summed E-state index contributed by atoms with van der Waals surface area (Å²) in [4.78, 5) is 14.9. The molecule has 2 N–H and O–H groups in total. The summed E-state index contributed by atoms with van der Waals surface area (Å²) in [6.45, 7) is 7.44. The molecule has 0 spiro atoms. The Morgan fingerprint density at radius 2 is 1.83 bits per heavy atom. The maximum Gasteiger partial charge on any atom is 0.340 e. The molecule has 2 aromatic rings.